The van der Waals surface area contributed by atoms with E-state index in [1.807, 2.05) is 32.9 Å². The van der Waals surface area contributed by atoms with E-state index < -0.39 is 0 Å². The summed E-state index contributed by atoms with van der Waals surface area (Å²) in [6, 6.07) is 4.02. The molecule has 1 atom stereocenters. The van der Waals surface area contributed by atoms with Gasteiger partial charge in [-0.25, -0.2) is 0 Å². The van der Waals surface area contributed by atoms with E-state index in [0.717, 1.165) is 34.0 Å². The number of rotatable bonds is 4. The average Bonchev–Trinajstić information content (AvgIpc) is 2.23. The molecular formula is C14H19BrO. The molecule has 1 rings (SSSR count). The summed E-state index contributed by atoms with van der Waals surface area (Å²) in [4.78, 5) is 12.2. The Morgan fingerprint density at radius 1 is 1.31 bits per heavy atom. The number of aryl methyl sites for hydroxylation is 2. The van der Waals surface area contributed by atoms with Crippen molar-refractivity contribution in [2.75, 3.05) is 0 Å². The van der Waals surface area contributed by atoms with Gasteiger partial charge in [-0.2, -0.15) is 0 Å². The van der Waals surface area contributed by atoms with Crippen LogP contribution in [0.3, 0.4) is 0 Å². The van der Waals surface area contributed by atoms with E-state index in [2.05, 4.69) is 22.9 Å². The summed E-state index contributed by atoms with van der Waals surface area (Å²) in [5.74, 6) is 0.402. The largest absolute Gasteiger partial charge is 0.294 e. The van der Waals surface area contributed by atoms with Crippen molar-refractivity contribution in [3.63, 3.8) is 0 Å². The summed E-state index contributed by atoms with van der Waals surface area (Å²) in [6.07, 6.45) is 2.02. The van der Waals surface area contributed by atoms with Gasteiger partial charge in [-0.15, -0.1) is 0 Å². The van der Waals surface area contributed by atoms with Crippen LogP contribution in [0.2, 0.25) is 0 Å². The first-order valence-corrected chi connectivity index (χ1v) is 6.57. The molecule has 16 heavy (non-hydrogen) atoms. The number of hydrogen-bond acceptors (Lipinski definition) is 1. The minimum Gasteiger partial charge on any atom is -0.294 e. The Kier molecular flexibility index (Phi) is 4.72. The summed E-state index contributed by atoms with van der Waals surface area (Å²) in [6.45, 7) is 8.15. The Hall–Kier alpha value is -0.630. The number of carbonyl (C=O) groups excluding carboxylic acids is 1. The monoisotopic (exact) mass is 282 g/mol. The van der Waals surface area contributed by atoms with Crippen LogP contribution in [0.15, 0.2) is 16.6 Å². The van der Waals surface area contributed by atoms with E-state index in [0.29, 0.717) is 0 Å². The molecule has 0 fully saturated rings. The Labute approximate surface area is 106 Å². The van der Waals surface area contributed by atoms with Crippen molar-refractivity contribution >= 4 is 21.7 Å². The Balaban J connectivity index is 3.04. The summed E-state index contributed by atoms with van der Waals surface area (Å²) < 4.78 is 1.07. The molecule has 0 aliphatic rings. The van der Waals surface area contributed by atoms with Crippen LogP contribution in [0, 0.1) is 19.8 Å². The van der Waals surface area contributed by atoms with Gasteiger partial charge < -0.3 is 0 Å². The summed E-state index contributed by atoms with van der Waals surface area (Å²) >= 11 is 3.49. The van der Waals surface area contributed by atoms with Gasteiger partial charge in [0, 0.05) is 16.0 Å². The van der Waals surface area contributed by atoms with Crippen molar-refractivity contribution < 1.29 is 4.79 Å². The highest BCUT2D eigenvalue weighted by Gasteiger charge is 2.17. The molecule has 0 bridgehead atoms. The first kappa shape index (κ1) is 13.4. The van der Waals surface area contributed by atoms with Gasteiger partial charge in [0.1, 0.15) is 0 Å². The van der Waals surface area contributed by atoms with Crippen molar-refractivity contribution in [2.45, 2.75) is 40.5 Å². The second-order valence-electron chi connectivity index (χ2n) is 4.47. The second-order valence-corrected chi connectivity index (χ2v) is 5.32. The van der Waals surface area contributed by atoms with Gasteiger partial charge in [-0.3, -0.25) is 4.79 Å². The third-order valence-corrected chi connectivity index (χ3v) is 3.79. The molecule has 0 spiro atoms. The molecule has 1 nitrogen and oxygen atoms in total. The average molecular weight is 283 g/mol. The molecule has 1 aromatic rings. The van der Waals surface area contributed by atoms with Crippen molar-refractivity contribution in [2.24, 2.45) is 5.92 Å². The first-order valence-electron chi connectivity index (χ1n) is 5.78. The molecule has 0 saturated heterocycles. The van der Waals surface area contributed by atoms with Crippen molar-refractivity contribution in [3.8, 4) is 0 Å². The van der Waals surface area contributed by atoms with Crippen LogP contribution in [-0.2, 0) is 0 Å². The van der Waals surface area contributed by atoms with E-state index in [-0.39, 0.29) is 11.7 Å². The number of halogens is 1. The van der Waals surface area contributed by atoms with Gasteiger partial charge in [0.15, 0.2) is 5.78 Å². The van der Waals surface area contributed by atoms with E-state index in [9.17, 15) is 4.79 Å². The van der Waals surface area contributed by atoms with Crippen LogP contribution in [-0.4, -0.2) is 5.78 Å². The number of carbonyl (C=O) groups is 1. The van der Waals surface area contributed by atoms with Gasteiger partial charge in [0.05, 0.1) is 0 Å². The molecule has 0 aromatic heterocycles. The normalized spacial score (nSPS) is 12.6. The molecular weight excluding hydrogens is 264 g/mol. The minimum absolute atomic E-state index is 0.129. The standard InChI is InChI=1S/C14H19BrO/c1-5-6-9(2)14(16)12-7-11(4)13(15)8-10(12)3/h7-9H,5-6H2,1-4H3. The summed E-state index contributed by atoms with van der Waals surface area (Å²) in [5.41, 5.74) is 3.06. The zero-order chi connectivity index (χ0) is 12.3. The van der Waals surface area contributed by atoms with E-state index in [1.54, 1.807) is 0 Å². The zero-order valence-electron chi connectivity index (χ0n) is 10.4. The number of benzene rings is 1. The lowest BCUT2D eigenvalue weighted by molar-refractivity contribution is 0.0923. The quantitative estimate of drug-likeness (QED) is 0.733. The predicted molar refractivity (Wildman–Crippen MR) is 72.0 cm³/mol. The number of ketones is 1. The van der Waals surface area contributed by atoms with E-state index >= 15 is 0 Å². The smallest absolute Gasteiger partial charge is 0.165 e. The van der Waals surface area contributed by atoms with Gasteiger partial charge in [0.25, 0.3) is 0 Å². The van der Waals surface area contributed by atoms with Gasteiger partial charge >= 0.3 is 0 Å². The van der Waals surface area contributed by atoms with Gasteiger partial charge in [-0.1, -0.05) is 36.2 Å². The van der Waals surface area contributed by atoms with Crippen LogP contribution in [0.4, 0.5) is 0 Å². The van der Waals surface area contributed by atoms with Crippen molar-refractivity contribution in [1.82, 2.24) is 0 Å². The maximum absolute atomic E-state index is 12.2. The maximum atomic E-state index is 12.2. The third kappa shape index (κ3) is 2.94. The van der Waals surface area contributed by atoms with Crippen molar-refractivity contribution in [3.05, 3.63) is 33.3 Å². The van der Waals surface area contributed by atoms with E-state index in [1.165, 1.54) is 0 Å². The maximum Gasteiger partial charge on any atom is 0.165 e. The molecule has 0 aliphatic carbocycles. The summed E-state index contributed by atoms with van der Waals surface area (Å²) in [7, 11) is 0. The Bertz CT molecular complexity index is 396. The molecule has 0 N–H and O–H groups in total. The van der Waals surface area contributed by atoms with Gasteiger partial charge in [0.2, 0.25) is 0 Å². The van der Waals surface area contributed by atoms with Crippen LogP contribution < -0.4 is 0 Å². The van der Waals surface area contributed by atoms with Crippen molar-refractivity contribution in [1.29, 1.82) is 0 Å². The molecule has 1 aromatic carbocycles. The highest BCUT2D eigenvalue weighted by Crippen LogP contribution is 2.24. The second kappa shape index (κ2) is 5.62. The fourth-order valence-electron chi connectivity index (χ4n) is 1.88. The molecule has 88 valence electrons. The molecule has 1 unspecified atom stereocenters. The minimum atomic E-state index is 0.129. The third-order valence-electron chi connectivity index (χ3n) is 2.94. The first-order chi connectivity index (χ1) is 7.47. The lowest BCUT2D eigenvalue weighted by Crippen LogP contribution is -2.12. The molecule has 0 aliphatic heterocycles. The number of Topliss-reactive ketones (excluding diaryl/α,β-unsaturated/α-hetero) is 1. The topological polar surface area (TPSA) is 17.1 Å². The molecule has 0 saturated carbocycles. The lowest BCUT2D eigenvalue weighted by atomic mass is 9.92. The van der Waals surface area contributed by atoms with Crippen LogP contribution >= 0.6 is 15.9 Å². The molecule has 0 amide bonds. The predicted octanol–water partition coefficient (Wildman–Crippen LogP) is 4.68. The molecule has 0 radical (unpaired) electrons. The van der Waals surface area contributed by atoms with Crippen LogP contribution in [0.1, 0.15) is 48.2 Å². The fraction of sp³-hybridized carbons (Fsp3) is 0.500. The molecule has 0 heterocycles. The van der Waals surface area contributed by atoms with E-state index in [4.69, 9.17) is 0 Å². The highest BCUT2D eigenvalue weighted by atomic mass is 79.9. The Morgan fingerprint density at radius 3 is 2.50 bits per heavy atom. The Morgan fingerprint density at radius 2 is 1.94 bits per heavy atom. The SMILES string of the molecule is CCCC(C)C(=O)c1cc(C)c(Br)cc1C. The van der Waals surface area contributed by atoms with Crippen LogP contribution in [0.5, 0.6) is 0 Å². The molecule has 2 heteroatoms. The highest BCUT2D eigenvalue weighted by molar-refractivity contribution is 9.10. The lowest BCUT2D eigenvalue weighted by Gasteiger charge is -2.12. The fourth-order valence-corrected chi connectivity index (χ4v) is 2.33. The zero-order valence-corrected chi connectivity index (χ0v) is 12.0. The van der Waals surface area contributed by atoms with Gasteiger partial charge in [-0.05, 0) is 43.5 Å². The van der Waals surface area contributed by atoms with Crippen LogP contribution in [0.25, 0.3) is 0 Å². The summed E-state index contributed by atoms with van der Waals surface area (Å²) in [5, 5.41) is 0. The number of hydrogen-bond donors (Lipinski definition) is 0.